The van der Waals surface area contributed by atoms with E-state index in [0.717, 1.165) is 34.7 Å². The van der Waals surface area contributed by atoms with E-state index in [-0.39, 0.29) is 6.09 Å². The molecule has 1 aliphatic rings. The Hall–Kier alpha value is -2.81. The van der Waals surface area contributed by atoms with E-state index in [1.165, 1.54) is 0 Å². The lowest BCUT2D eigenvalue weighted by atomic mass is 10.2. The van der Waals surface area contributed by atoms with Crippen LogP contribution in [-0.4, -0.2) is 57.1 Å². The lowest BCUT2D eigenvalue weighted by Gasteiger charge is -2.36. The van der Waals surface area contributed by atoms with E-state index in [4.69, 9.17) is 4.74 Å². The fourth-order valence-corrected chi connectivity index (χ4v) is 3.73. The van der Waals surface area contributed by atoms with Gasteiger partial charge >= 0.3 is 6.09 Å². The zero-order chi connectivity index (χ0) is 21.3. The van der Waals surface area contributed by atoms with E-state index in [9.17, 15) is 4.79 Å². The molecule has 4 rings (SSSR count). The van der Waals surface area contributed by atoms with Crippen molar-refractivity contribution < 1.29 is 9.53 Å². The molecule has 1 aliphatic heterocycles. The van der Waals surface area contributed by atoms with Gasteiger partial charge in [-0.2, -0.15) is 0 Å². The Balaban J connectivity index is 1.38. The van der Waals surface area contributed by atoms with Crippen LogP contribution in [-0.2, 0) is 4.74 Å². The summed E-state index contributed by atoms with van der Waals surface area (Å²) in [4.78, 5) is 25.1. The number of rotatable bonds is 3. The van der Waals surface area contributed by atoms with Crippen molar-refractivity contribution in [3.8, 4) is 0 Å². The van der Waals surface area contributed by atoms with Gasteiger partial charge in [-0.3, -0.25) is 4.40 Å². The molecule has 0 saturated carbocycles. The van der Waals surface area contributed by atoms with Gasteiger partial charge in [-0.05, 0) is 61.0 Å². The predicted molar refractivity (Wildman–Crippen MR) is 120 cm³/mol. The van der Waals surface area contributed by atoms with Crippen LogP contribution in [0.5, 0.6) is 0 Å². The third-order valence-electron chi connectivity index (χ3n) is 4.81. The summed E-state index contributed by atoms with van der Waals surface area (Å²) >= 11 is 3.47. The van der Waals surface area contributed by atoms with Gasteiger partial charge in [-0.15, -0.1) is 0 Å². The number of nitrogens with one attached hydrogen (secondary N) is 1. The van der Waals surface area contributed by atoms with Gasteiger partial charge in [0.05, 0.1) is 6.20 Å². The average Bonchev–Trinajstić information content (AvgIpc) is 3.21. The standard InChI is InChI=1S/C21H25BrN6O2/c1-21(2,3)30-20(29)27-12-10-26(11-13-27)16-6-4-15(5-7-16)25-18-19-23-8-9-28(19)17(22)14-24-18/h4-9,14H,10-13H2,1-3H3,(H,24,25). The molecule has 158 valence electrons. The van der Waals surface area contributed by atoms with Crippen molar-refractivity contribution in [2.45, 2.75) is 26.4 Å². The average molecular weight is 473 g/mol. The highest BCUT2D eigenvalue weighted by molar-refractivity contribution is 9.10. The van der Waals surface area contributed by atoms with Crippen LogP contribution in [0.1, 0.15) is 20.8 Å². The first-order valence-electron chi connectivity index (χ1n) is 9.88. The van der Waals surface area contributed by atoms with Gasteiger partial charge in [0.2, 0.25) is 0 Å². The van der Waals surface area contributed by atoms with E-state index in [0.29, 0.717) is 18.9 Å². The number of fused-ring (bicyclic) bond motifs is 1. The molecule has 30 heavy (non-hydrogen) atoms. The van der Waals surface area contributed by atoms with Gasteiger partial charge in [0.25, 0.3) is 0 Å². The van der Waals surface area contributed by atoms with Crippen LogP contribution in [0, 0.1) is 0 Å². The zero-order valence-electron chi connectivity index (χ0n) is 17.3. The van der Waals surface area contributed by atoms with Gasteiger partial charge in [0.15, 0.2) is 11.5 Å². The molecule has 0 radical (unpaired) electrons. The number of halogens is 1. The van der Waals surface area contributed by atoms with Gasteiger partial charge in [0.1, 0.15) is 10.2 Å². The second kappa shape index (κ2) is 8.14. The van der Waals surface area contributed by atoms with Crippen molar-refractivity contribution in [2.75, 3.05) is 36.4 Å². The van der Waals surface area contributed by atoms with Crippen molar-refractivity contribution in [1.82, 2.24) is 19.3 Å². The van der Waals surface area contributed by atoms with Crippen LogP contribution >= 0.6 is 15.9 Å². The minimum atomic E-state index is -0.470. The van der Waals surface area contributed by atoms with Crippen molar-refractivity contribution in [3.05, 3.63) is 47.5 Å². The minimum absolute atomic E-state index is 0.242. The van der Waals surface area contributed by atoms with E-state index in [1.807, 2.05) is 43.5 Å². The second-order valence-corrected chi connectivity index (χ2v) is 8.99. The number of ether oxygens (including phenoxy) is 1. The summed E-state index contributed by atoms with van der Waals surface area (Å²) in [7, 11) is 0. The molecule has 0 unspecified atom stereocenters. The first-order valence-corrected chi connectivity index (χ1v) is 10.7. The number of amides is 1. The Morgan fingerprint density at radius 1 is 1.10 bits per heavy atom. The molecule has 1 aromatic carbocycles. The Bertz CT molecular complexity index is 1040. The molecular formula is C21H25BrN6O2. The molecule has 0 bridgehead atoms. The van der Waals surface area contributed by atoms with E-state index in [2.05, 4.69) is 48.2 Å². The summed E-state index contributed by atoms with van der Waals surface area (Å²) in [5, 5.41) is 3.33. The van der Waals surface area contributed by atoms with Crippen molar-refractivity contribution in [1.29, 1.82) is 0 Å². The topological polar surface area (TPSA) is 75.0 Å². The zero-order valence-corrected chi connectivity index (χ0v) is 18.9. The molecule has 3 heterocycles. The predicted octanol–water partition coefficient (Wildman–Crippen LogP) is 4.29. The van der Waals surface area contributed by atoms with Crippen LogP contribution in [0.3, 0.4) is 0 Å². The first kappa shape index (κ1) is 20.5. The summed E-state index contributed by atoms with van der Waals surface area (Å²) in [6, 6.07) is 8.21. The van der Waals surface area contributed by atoms with Crippen molar-refractivity contribution >= 4 is 44.9 Å². The molecule has 0 aliphatic carbocycles. The molecule has 1 N–H and O–H groups in total. The van der Waals surface area contributed by atoms with E-state index >= 15 is 0 Å². The summed E-state index contributed by atoms with van der Waals surface area (Å²) in [6.45, 7) is 8.50. The number of piperazine rings is 1. The molecule has 3 aromatic rings. The highest BCUT2D eigenvalue weighted by Crippen LogP contribution is 2.25. The van der Waals surface area contributed by atoms with Gasteiger partial charge in [0, 0.05) is 49.9 Å². The monoisotopic (exact) mass is 472 g/mol. The Morgan fingerprint density at radius 2 is 1.80 bits per heavy atom. The summed E-state index contributed by atoms with van der Waals surface area (Å²) in [6.07, 6.45) is 5.13. The minimum Gasteiger partial charge on any atom is -0.444 e. The number of carbonyl (C=O) groups excluding carboxylic acids is 1. The summed E-state index contributed by atoms with van der Waals surface area (Å²) < 4.78 is 8.24. The van der Waals surface area contributed by atoms with Crippen LogP contribution in [0.2, 0.25) is 0 Å². The van der Waals surface area contributed by atoms with Gasteiger partial charge in [-0.25, -0.2) is 14.8 Å². The largest absolute Gasteiger partial charge is 0.444 e. The molecule has 8 nitrogen and oxygen atoms in total. The van der Waals surface area contributed by atoms with Crippen LogP contribution in [0.15, 0.2) is 47.5 Å². The van der Waals surface area contributed by atoms with Crippen LogP contribution < -0.4 is 10.2 Å². The smallest absolute Gasteiger partial charge is 0.410 e. The lowest BCUT2D eigenvalue weighted by Crippen LogP contribution is -2.50. The molecule has 1 saturated heterocycles. The summed E-state index contributed by atoms with van der Waals surface area (Å²) in [5.74, 6) is 0.696. The molecule has 0 spiro atoms. The molecule has 2 aromatic heterocycles. The maximum Gasteiger partial charge on any atom is 0.410 e. The van der Waals surface area contributed by atoms with Gasteiger partial charge in [-0.1, -0.05) is 0 Å². The maximum atomic E-state index is 12.2. The molecule has 1 fully saturated rings. The number of aromatic nitrogens is 3. The molecule has 0 atom stereocenters. The van der Waals surface area contributed by atoms with Crippen molar-refractivity contribution in [2.24, 2.45) is 0 Å². The van der Waals surface area contributed by atoms with E-state index in [1.54, 1.807) is 17.3 Å². The molecule has 9 heteroatoms. The maximum absolute atomic E-state index is 12.2. The third-order valence-corrected chi connectivity index (χ3v) is 5.40. The highest BCUT2D eigenvalue weighted by atomic mass is 79.9. The number of benzene rings is 1. The number of carbonyl (C=O) groups is 1. The lowest BCUT2D eigenvalue weighted by molar-refractivity contribution is 0.0240. The van der Waals surface area contributed by atoms with E-state index < -0.39 is 5.60 Å². The summed E-state index contributed by atoms with van der Waals surface area (Å²) in [5.41, 5.74) is 2.35. The fraction of sp³-hybridized carbons (Fsp3) is 0.381. The number of imidazole rings is 1. The number of anilines is 3. The highest BCUT2D eigenvalue weighted by Gasteiger charge is 2.25. The number of hydrogen-bond acceptors (Lipinski definition) is 6. The van der Waals surface area contributed by atoms with Crippen LogP contribution in [0.25, 0.3) is 5.65 Å². The van der Waals surface area contributed by atoms with Crippen molar-refractivity contribution in [3.63, 3.8) is 0 Å². The second-order valence-electron chi connectivity index (χ2n) is 8.18. The Morgan fingerprint density at radius 3 is 2.47 bits per heavy atom. The first-order chi connectivity index (χ1) is 14.3. The SMILES string of the molecule is CC(C)(C)OC(=O)N1CCN(c2ccc(Nc3ncc(Br)n4ccnc34)cc2)CC1. The fourth-order valence-electron chi connectivity index (χ4n) is 3.34. The van der Waals surface area contributed by atoms with Gasteiger partial charge < -0.3 is 19.9 Å². The normalized spacial score (nSPS) is 14.8. The molecular weight excluding hydrogens is 448 g/mol. The number of nitrogens with zero attached hydrogens (tertiary/aromatic N) is 5. The number of hydrogen-bond donors (Lipinski definition) is 1. The Kier molecular flexibility index (Phi) is 5.55. The molecule has 1 amide bonds. The quantitative estimate of drug-likeness (QED) is 0.612. The Labute approximate surface area is 184 Å². The third kappa shape index (κ3) is 4.51. The van der Waals surface area contributed by atoms with Crippen LogP contribution in [0.4, 0.5) is 22.0 Å².